The second-order valence-electron chi connectivity index (χ2n) is 5.51. The van der Waals surface area contributed by atoms with E-state index >= 15 is 0 Å². The van der Waals surface area contributed by atoms with E-state index < -0.39 is 0 Å². The molecular formula is C22H28O2. The predicted octanol–water partition coefficient (Wildman–Crippen LogP) is 6.02. The molecule has 2 nitrogen and oxygen atoms in total. The lowest BCUT2D eigenvalue weighted by Gasteiger charge is -2.12. The summed E-state index contributed by atoms with van der Waals surface area (Å²) in [5.74, 6) is 1.88. The van der Waals surface area contributed by atoms with Crippen LogP contribution < -0.4 is 4.74 Å². The number of allylic oxidation sites excluding steroid dienone is 7. The summed E-state index contributed by atoms with van der Waals surface area (Å²) in [6.45, 7) is 11.1. The maximum Gasteiger partial charge on any atom is 0.121 e. The fourth-order valence-electron chi connectivity index (χ4n) is 2.47. The molecule has 0 fully saturated rings. The Morgan fingerprint density at radius 3 is 2.38 bits per heavy atom. The van der Waals surface area contributed by atoms with Crippen molar-refractivity contribution < 1.29 is 9.47 Å². The van der Waals surface area contributed by atoms with E-state index in [2.05, 4.69) is 44.4 Å². The van der Waals surface area contributed by atoms with E-state index in [-0.39, 0.29) is 0 Å². The molecular weight excluding hydrogens is 296 g/mol. The summed E-state index contributed by atoms with van der Waals surface area (Å²) in [7, 11) is 3.42. The van der Waals surface area contributed by atoms with Crippen LogP contribution >= 0.6 is 0 Å². The highest BCUT2D eigenvalue weighted by Crippen LogP contribution is 2.30. The average molecular weight is 324 g/mol. The Labute approximate surface area is 146 Å². The number of aryl methyl sites for hydroxylation is 1. The third-order valence-corrected chi connectivity index (χ3v) is 3.62. The van der Waals surface area contributed by atoms with Gasteiger partial charge in [0.25, 0.3) is 0 Å². The van der Waals surface area contributed by atoms with Gasteiger partial charge in [-0.05, 0) is 60.8 Å². The maximum atomic E-state index is 5.45. The standard InChI is InChI=1S/C19H22O2.C3H6/c1-5-6-15-7-9-18(20-3)13-17(12-15)16-8-10-19(21-4)14(2)11-16;1-3-2/h5,7-12H,1,6,13H2,2-4H3;3H,1H2,2H3. The van der Waals surface area contributed by atoms with Gasteiger partial charge < -0.3 is 9.47 Å². The summed E-state index contributed by atoms with van der Waals surface area (Å²) in [6.07, 6.45) is 11.7. The molecule has 0 saturated heterocycles. The van der Waals surface area contributed by atoms with Gasteiger partial charge in [-0.15, -0.1) is 13.2 Å². The monoisotopic (exact) mass is 324 g/mol. The van der Waals surface area contributed by atoms with Gasteiger partial charge in [0.1, 0.15) is 5.75 Å². The molecule has 1 aromatic carbocycles. The molecule has 0 N–H and O–H groups in total. The molecule has 0 atom stereocenters. The molecule has 2 heteroatoms. The van der Waals surface area contributed by atoms with Crippen molar-refractivity contribution in [1.82, 2.24) is 0 Å². The van der Waals surface area contributed by atoms with Crippen LogP contribution in [0.1, 0.15) is 30.9 Å². The van der Waals surface area contributed by atoms with E-state index in [0.29, 0.717) is 0 Å². The lowest BCUT2D eigenvalue weighted by Crippen LogP contribution is -1.93. The van der Waals surface area contributed by atoms with E-state index in [1.165, 1.54) is 16.7 Å². The van der Waals surface area contributed by atoms with Gasteiger partial charge in [0.05, 0.1) is 20.0 Å². The number of benzene rings is 1. The third kappa shape index (κ3) is 5.62. The van der Waals surface area contributed by atoms with Gasteiger partial charge in [-0.1, -0.05) is 30.4 Å². The summed E-state index contributed by atoms with van der Waals surface area (Å²) in [4.78, 5) is 0. The Kier molecular flexibility index (Phi) is 8.42. The molecule has 0 bridgehead atoms. The molecule has 24 heavy (non-hydrogen) atoms. The molecule has 0 amide bonds. The van der Waals surface area contributed by atoms with Crippen molar-refractivity contribution in [1.29, 1.82) is 0 Å². The Bertz CT molecular complexity index is 661. The minimum atomic E-state index is 0.791. The summed E-state index contributed by atoms with van der Waals surface area (Å²) in [5.41, 5.74) is 4.82. The first-order valence-electron chi connectivity index (χ1n) is 8.06. The molecule has 1 aromatic rings. The van der Waals surface area contributed by atoms with E-state index in [4.69, 9.17) is 9.47 Å². The van der Waals surface area contributed by atoms with Crippen LogP contribution in [0.5, 0.6) is 5.75 Å². The smallest absolute Gasteiger partial charge is 0.121 e. The third-order valence-electron chi connectivity index (χ3n) is 3.62. The van der Waals surface area contributed by atoms with Gasteiger partial charge in [0.15, 0.2) is 0 Å². The minimum Gasteiger partial charge on any atom is -0.501 e. The summed E-state index contributed by atoms with van der Waals surface area (Å²) < 4.78 is 10.8. The van der Waals surface area contributed by atoms with Crippen molar-refractivity contribution in [2.45, 2.75) is 26.7 Å². The summed E-state index contributed by atoms with van der Waals surface area (Å²) in [5, 5.41) is 0. The predicted molar refractivity (Wildman–Crippen MR) is 104 cm³/mol. The first kappa shape index (κ1) is 19.6. The highest BCUT2D eigenvalue weighted by molar-refractivity contribution is 5.72. The molecule has 1 aliphatic rings. The highest BCUT2D eigenvalue weighted by Gasteiger charge is 2.11. The lowest BCUT2D eigenvalue weighted by molar-refractivity contribution is 0.286. The van der Waals surface area contributed by atoms with E-state index in [1.54, 1.807) is 20.3 Å². The van der Waals surface area contributed by atoms with E-state index in [0.717, 1.165) is 29.9 Å². The highest BCUT2D eigenvalue weighted by atomic mass is 16.5. The van der Waals surface area contributed by atoms with Crippen molar-refractivity contribution in [2.75, 3.05) is 14.2 Å². The molecule has 0 heterocycles. The van der Waals surface area contributed by atoms with Crippen LogP contribution in [0.3, 0.4) is 0 Å². The SMILES string of the molecule is C=CC.C=CCC1=CC=C(OC)CC(c2ccc(OC)c(C)c2)=C1. The van der Waals surface area contributed by atoms with Crippen LogP contribution in [0, 0.1) is 6.92 Å². The minimum absolute atomic E-state index is 0.791. The van der Waals surface area contributed by atoms with Gasteiger partial charge in [0, 0.05) is 6.42 Å². The number of methoxy groups -OCH3 is 2. The van der Waals surface area contributed by atoms with Crippen molar-refractivity contribution in [3.63, 3.8) is 0 Å². The van der Waals surface area contributed by atoms with Crippen LogP contribution in [0.4, 0.5) is 0 Å². The molecule has 0 spiro atoms. The fourth-order valence-corrected chi connectivity index (χ4v) is 2.47. The summed E-state index contributed by atoms with van der Waals surface area (Å²) >= 11 is 0. The van der Waals surface area contributed by atoms with E-state index in [9.17, 15) is 0 Å². The Morgan fingerprint density at radius 2 is 1.83 bits per heavy atom. The quantitative estimate of drug-likeness (QED) is 0.617. The fraction of sp³-hybridized carbons (Fsp3) is 0.273. The van der Waals surface area contributed by atoms with Crippen LogP contribution in [0.2, 0.25) is 0 Å². The first-order chi connectivity index (χ1) is 11.6. The number of hydrogen-bond donors (Lipinski definition) is 0. The average Bonchev–Trinajstić information content (AvgIpc) is 2.78. The Balaban J connectivity index is 0.000000891. The molecule has 0 aromatic heterocycles. The van der Waals surface area contributed by atoms with Gasteiger partial charge in [-0.2, -0.15) is 0 Å². The second-order valence-corrected chi connectivity index (χ2v) is 5.51. The normalized spacial score (nSPS) is 13.2. The molecule has 128 valence electrons. The Hall–Kier alpha value is -2.48. The van der Waals surface area contributed by atoms with Crippen molar-refractivity contribution in [3.05, 3.63) is 84.2 Å². The lowest BCUT2D eigenvalue weighted by atomic mass is 9.98. The van der Waals surface area contributed by atoms with Crippen LogP contribution in [0.15, 0.2) is 73.1 Å². The van der Waals surface area contributed by atoms with Crippen LogP contribution in [-0.4, -0.2) is 14.2 Å². The van der Waals surface area contributed by atoms with Crippen molar-refractivity contribution in [3.8, 4) is 5.75 Å². The number of ether oxygens (including phenoxy) is 2. The van der Waals surface area contributed by atoms with Gasteiger partial charge in [-0.25, -0.2) is 0 Å². The molecule has 0 aliphatic heterocycles. The second kappa shape index (κ2) is 10.3. The largest absolute Gasteiger partial charge is 0.501 e. The van der Waals surface area contributed by atoms with Gasteiger partial charge >= 0.3 is 0 Å². The van der Waals surface area contributed by atoms with Crippen LogP contribution in [-0.2, 0) is 4.74 Å². The van der Waals surface area contributed by atoms with Gasteiger partial charge in [-0.3, -0.25) is 0 Å². The zero-order chi connectivity index (χ0) is 17.9. The van der Waals surface area contributed by atoms with Gasteiger partial charge in [0.2, 0.25) is 0 Å². The maximum absolute atomic E-state index is 5.45. The molecule has 0 unspecified atom stereocenters. The van der Waals surface area contributed by atoms with Crippen molar-refractivity contribution >= 4 is 5.57 Å². The first-order valence-corrected chi connectivity index (χ1v) is 8.06. The molecule has 1 aliphatic carbocycles. The molecule has 2 rings (SSSR count). The zero-order valence-electron chi connectivity index (χ0n) is 15.3. The van der Waals surface area contributed by atoms with Crippen molar-refractivity contribution in [2.24, 2.45) is 0 Å². The molecule has 0 saturated carbocycles. The topological polar surface area (TPSA) is 18.5 Å². The zero-order valence-corrected chi connectivity index (χ0v) is 15.3. The summed E-state index contributed by atoms with van der Waals surface area (Å²) in [6, 6.07) is 6.28. The van der Waals surface area contributed by atoms with Crippen LogP contribution in [0.25, 0.3) is 5.57 Å². The van der Waals surface area contributed by atoms with E-state index in [1.807, 2.05) is 25.1 Å². The molecule has 0 radical (unpaired) electrons. The number of rotatable bonds is 5. The number of hydrogen-bond acceptors (Lipinski definition) is 2. The Morgan fingerprint density at radius 1 is 1.12 bits per heavy atom.